The van der Waals surface area contributed by atoms with E-state index in [4.69, 9.17) is 16.3 Å². The quantitative estimate of drug-likeness (QED) is 0.811. The van der Waals surface area contributed by atoms with E-state index in [2.05, 4.69) is 5.32 Å². The fourth-order valence-corrected chi connectivity index (χ4v) is 4.52. The summed E-state index contributed by atoms with van der Waals surface area (Å²) in [6, 6.07) is 5.03. The van der Waals surface area contributed by atoms with Gasteiger partial charge in [0.1, 0.15) is 0 Å². The molecule has 1 N–H and O–H groups in total. The highest BCUT2D eigenvalue weighted by molar-refractivity contribution is 7.91. The molecule has 0 spiro atoms. The minimum absolute atomic E-state index is 0.0122. The molecule has 0 aliphatic carbocycles. The van der Waals surface area contributed by atoms with E-state index in [-0.39, 0.29) is 23.8 Å². The number of sulfone groups is 1. The number of hydrogen-bond acceptors (Lipinski definition) is 5. The predicted octanol–water partition coefficient (Wildman–Crippen LogP) is 1.95. The normalized spacial score (nSPS) is 19.3. The number of hydrogen-bond donors (Lipinski definition) is 1. The van der Waals surface area contributed by atoms with Gasteiger partial charge >= 0.3 is 5.97 Å². The zero-order valence-corrected chi connectivity index (χ0v) is 14.2. The molecule has 1 aromatic rings. The lowest BCUT2D eigenvalue weighted by atomic mass is 10.1. The Hall–Kier alpha value is -1.60. The second kappa shape index (κ2) is 7.31. The van der Waals surface area contributed by atoms with Gasteiger partial charge in [0, 0.05) is 17.1 Å². The smallest absolute Gasteiger partial charge is 0.306 e. The Morgan fingerprint density at radius 1 is 1.39 bits per heavy atom. The van der Waals surface area contributed by atoms with Crippen LogP contribution in [0, 0.1) is 12.8 Å². The molecule has 0 unspecified atom stereocenters. The lowest BCUT2D eigenvalue weighted by Crippen LogP contribution is -2.22. The summed E-state index contributed by atoms with van der Waals surface area (Å²) in [5.41, 5.74) is 1.39. The van der Waals surface area contributed by atoms with Crippen LogP contribution in [0.15, 0.2) is 18.2 Å². The van der Waals surface area contributed by atoms with Gasteiger partial charge in [-0.15, -0.1) is 0 Å². The molecule has 8 heteroatoms. The van der Waals surface area contributed by atoms with Gasteiger partial charge in [-0.1, -0.05) is 11.6 Å². The highest BCUT2D eigenvalue weighted by Gasteiger charge is 2.29. The fourth-order valence-electron chi connectivity index (χ4n) is 2.43. The molecule has 1 atom stereocenters. The Bertz CT molecular complexity index is 717. The van der Waals surface area contributed by atoms with Gasteiger partial charge in [0.05, 0.1) is 11.5 Å². The lowest BCUT2D eigenvalue weighted by Gasteiger charge is -2.10. The minimum atomic E-state index is -3.02. The second-order valence-corrected chi connectivity index (χ2v) is 8.31. The molecule has 23 heavy (non-hydrogen) atoms. The molecule has 2 rings (SSSR count). The Labute approximate surface area is 140 Å². The minimum Gasteiger partial charge on any atom is -0.456 e. The molecule has 0 saturated carbocycles. The van der Waals surface area contributed by atoms with Crippen LogP contribution in [0.25, 0.3) is 0 Å². The molecule has 0 radical (unpaired) electrons. The molecule has 6 nitrogen and oxygen atoms in total. The molecule has 0 bridgehead atoms. The number of halogens is 1. The number of benzene rings is 1. The second-order valence-electron chi connectivity index (χ2n) is 5.64. The van der Waals surface area contributed by atoms with Gasteiger partial charge in [0.2, 0.25) is 0 Å². The van der Waals surface area contributed by atoms with E-state index >= 15 is 0 Å². The first-order valence-electron chi connectivity index (χ1n) is 7.17. The summed E-state index contributed by atoms with van der Waals surface area (Å²) in [7, 11) is -3.02. The summed E-state index contributed by atoms with van der Waals surface area (Å²) in [6.45, 7) is 1.40. The predicted molar refractivity (Wildman–Crippen MR) is 87.2 cm³/mol. The van der Waals surface area contributed by atoms with E-state index in [1.807, 2.05) is 0 Å². The van der Waals surface area contributed by atoms with Crippen molar-refractivity contribution in [3.63, 3.8) is 0 Å². The Balaban J connectivity index is 1.77. The first-order valence-corrected chi connectivity index (χ1v) is 9.37. The van der Waals surface area contributed by atoms with Crippen molar-refractivity contribution in [1.82, 2.24) is 0 Å². The number of esters is 1. The van der Waals surface area contributed by atoms with E-state index in [1.54, 1.807) is 25.1 Å². The number of carbonyl (C=O) groups is 2. The number of aryl methyl sites for hydroxylation is 1. The third-order valence-electron chi connectivity index (χ3n) is 3.61. The van der Waals surface area contributed by atoms with Crippen molar-refractivity contribution in [3.8, 4) is 0 Å². The molecule has 1 heterocycles. The Morgan fingerprint density at radius 3 is 2.74 bits per heavy atom. The number of nitrogens with one attached hydrogen (secondary N) is 1. The molecule has 126 valence electrons. The average Bonchev–Trinajstić information content (AvgIpc) is 2.79. The maximum absolute atomic E-state index is 11.8. The van der Waals surface area contributed by atoms with Crippen LogP contribution in [0.4, 0.5) is 5.69 Å². The third-order valence-corrected chi connectivity index (χ3v) is 5.68. The van der Waals surface area contributed by atoms with Crippen LogP contribution in [-0.4, -0.2) is 38.4 Å². The topological polar surface area (TPSA) is 89.5 Å². The molecule has 0 aromatic heterocycles. The standard InChI is InChI=1S/C15H18ClNO5S/c1-10-6-12(16)2-3-13(10)17-14(18)8-22-15(19)7-11-4-5-23(20,21)9-11/h2-3,6,11H,4-5,7-9H2,1H3,(H,17,18)/t11-/m0/s1. The molecule has 1 saturated heterocycles. The van der Waals surface area contributed by atoms with Crippen LogP contribution in [0.1, 0.15) is 18.4 Å². The van der Waals surface area contributed by atoms with Gasteiger partial charge in [0.25, 0.3) is 5.91 Å². The lowest BCUT2D eigenvalue weighted by molar-refractivity contribution is -0.148. The number of amides is 1. The summed E-state index contributed by atoms with van der Waals surface area (Å²) in [4.78, 5) is 23.4. The van der Waals surface area contributed by atoms with Crippen LogP contribution < -0.4 is 5.32 Å². The summed E-state index contributed by atoms with van der Waals surface area (Å²) in [5.74, 6) is -1.11. The van der Waals surface area contributed by atoms with Crippen molar-refractivity contribution in [2.75, 3.05) is 23.4 Å². The molecule has 1 fully saturated rings. The first-order chi connectivity index (χ1) is 10.7. The first kappa shape index (κ1) is 17.7. The molecule has 1 aliphatic heterocycles. The number of carbonyl (C=O) groups excluding carboxylic acids is 2. The number of rotatable bonds is 5. The van der Waals surface area contributed by atoms with E-state index in [0.29, 0.717) is 17.1 Å². The number of ether oxygens (including phenoxy) is 1. The molecular formula is C15H18ClNO5S. The summed E-state index contributed by atoms with van der Waals surface area (Å²) in [5, 5.41) is 3.20. The van der Waals surface area contributed by atoms with Crippen LogP contribution >= 0.6 is 11.6 Å². The largest absolute Gasteiger partial charge is 0.456 e. The van der Waals surface area contributed by atoms with Crippen LogP contribution in [0.5, 0.6) is 0 Å². The zero-order chi connectivity index (χ0) is 17.0. The zero-order valence-electron chi connectivity index (χ0n) is 12.7. The van der Waals surface area contributed by atoms with Gasteiger partial charge in [0.15, 0.2) is 16.4 Å². The monoisotopic (exact) mass is 359 g/mol. The van der Waals surface area contributed by atoms with E-state index in [0.717, 1.165) is 5.56 Å². The summed E-state index contributed by atoms with van der Waals surface area (Å²) < 4.78 is 27.5. The van der Waals surface area contributed by atoms with E-state index in [1.165, 1.54) is 0 Å². The maximum atomic E-state index is 11.8. The molecular weight excluding hydrogens is 342 g/mol. The van der Waals surface area contributed by atoms with Gasteiger partial charge in [-0.25, -0.2) is 8.42 Å². The third kappa shape index (κ3) is 5.51. The van der Waals surface area contributed by atoms with Crippen molar-refractivity contribution in [2.24, 2.45) is 5.92 Å². The average molecular weight is 360 g/mol. The summed E-state index contributed by atoms with van der Waals surface area (Å²) >= 11 is 5.83. The van der Waals surface area contributed by atoms with Crippen molar-refractivity contribution < 1.29 is 22.7 Å². The highest BCUT2D eigenvalue weighted by atomic mass is 35.5. The SMILES string of the molecule is Cc1cc(Cl)ccc1NC(=O)COC(=O)C[C@@H]1CCS(=O)(=O)C1. The van der Waals surface area contributed by atoms with Gasteiger partial charge in [-0.3, -0.25) is 9.59 Å². The van der Waals surface area contributed by atoms with E-state index in [9.17, 15) is 18.0 Å². The fraction of sp³-hybridized carbons (Fsp3) is 0.467. The van der Waals surface area contributed by atoms with Crippen LogP contribution in [-0.2, 0) is 24.2 Å². The van der Waals surface area contributed by atoms with Gasteiger partial charge in [-0.05, 0) is 43.0 Å². The molecule has 1 aromatic carbocycles. The van der Waals surface area contributed by atoms with Gasteiger partial charge in [-0.2, -0.15) is 0 Å². The van der Waals surface area contributed by atoms with Crippen molar-refractivity contribution in [1.29, 1.82) is 0 Å². The van der Waals surface area contributed by atoms with Crippen LogP contribution in [0.2, 0.25) is 5.02 Å². The van der Waals surface area contributed by atoms with E-state index < -0.39 is 28.3 Å². The molecule has 1 aliphatic rings. The summed E-state index contributed by atoms with van der Waals surface area (Å²) in [6.07, 6.45) is 0.486. The van der Waals surface area contributed by atoms with Crippen molar-refractivity contribution in [2.45, 2.75) is 19.8 Å². The van der Waals surface area contributed by atoms with Gasteiger partial charge < -0.3 is 10.1 Å². The molecule has 1 amide bonds. The van der Waals surface area contributed by atoms with Crippen LogP contribution in [0.3, 0.4) is 0 Å². The van der Waals surface area contributed by atoms with Crippen molar-refractivity contribution >= 4 is 39.0 Å². The maximum Gasteiger partial charge on any atom is 0.306 e. The Morgan fingerprint density at radius 2 is 2.13 bits per heavy atom. The Kier molecular flexibility index (Phi) is 5.64. The number of anilines is 1. The highest BCUT2D eigenvalue weighted by Crippen LogP contribution is 2.22. The van der Waals surface area contributed by atoms with Crippen molar-refractivity contribution in [3.05, 3.63) is 28.8 Å².